The summed E-state index contributed by atoms with van der Waals surface area (Å²) >= 11 is 12.5. The number of likely N-dealkylation sites (N-methyl/N-ethyl adjacent to an activating group) is 1. The number of benzene rings is 2. The molecule has 2 aromatic carbocycles. The normalized spacial score (nSPS) is 22.2. The monoisotopic (exact) mass is 589 g/mol. The second-order valence-corrected chi connectivity index (χ2v) is 12.1. The molecule has 5 rings (SSSR count). The lowest BCUT2D eigenvalue weighted by Crippen LogP contribution is -2.47. The first-order valence-corrected chi connectivity index (χ1v) is 14.6. The van der Waals surface area contributed by atoms with E-state index in [1.165, 1.54) is 24.3 Å². The maximum absolute atomic E-state index is 13.7. The number of rotatable bonds is 6. The number of carbonyl (C=O) groups is 3. The van der Waals surface area contributed by atoms with Gasteiger partial charge in [-0.05, 0) is 74.6 Å². The van der Waals surface area contributed by atoms with Crippen LogP contribution in [-0.4, -0.2) is 71.4 Å². The van der Waals surface area contributed by atoms with Gasteiger partial charge in [-0.3, -0.25) is 9.59 Å². The average molecular weight is 591 g/mol. The van der Waals surface area contributed by atoms with Crippen LogP contribution >= 0.6 is 23.2 Å². The molecule has 40 heavy (non-hydrogen) atoms. The summed E-state index contributed by atoms with van der Waals surface area (Å²) in [6.07, 6.45) is 2.56. The summed E-state index contributed by atoms with van der Waals surface area (Å²) in [7, 11) is 0. The van der Waals surface area contributed by atoms with Gasteiger partial charge in [-0.25, -0.2) is 9.18 Å². The van der Waals surface area contributed by atoms with E-state index in [4.69, 9.17) is 27.9 Å². The van der Waals surface area contributed by atoms with E-state index in [9.17, 15) is 18.8 Å². The minimum Gasteiger partial charge on any atom is -0.410 e. The number of hydrogen-bond donors (Lipinski definition) is 0. The molecule has 0 aromatic heterocycles. The molecule has 0 spiro atoms. The van der Waals surface area contributed by atoms with Crippen molar-refractivity contribution >= 4 is 41.1 Å². The van der Waals surface area contributed by atoms with Crippen molar-refractivity contribution in [3.8, 4) is 5.75 Å². The number of carbonyl (C=O) groups excluding carboxylic acids is 3. The van der Waals surface area contributed by atoms with Crippen LogP contribution in [0.25, 0.3) is 0 Å². The van der Waals surface area contributed by atoms with Gasteiger partial charge in [-0.15, -0.1) is 0 Å². The van der Waals surface area contributed by atoms with Crippen molar-refractivity contribution < 1.29 is 23.5 Å². The third kappa shape index (κ3) is 5.93. The fraction of sp³-hybridized carbons (Fsp3) is 0.500. The van der Waals surface area contributed by atoms with Crippen molar-refractivity contribution in [2.45, 2.75) is 51.5 Å². The van der Waals surface area contributed by atoms with E-state index in [1.807, 2.05) is 29.7 Å². The Morgan fingerprint density at radius 3 is 2.27 bits per heavy atom. The van der Waals surface area contributed by atoms with Gasteiger partial charge in [0, 0.05) is 50.0 Å². The van der Waals surface area contributed by atoms with Crippen LogP contribution in [0, 0.1) is 17.2 Å². The van der Waals surface area contributed by atoms with Gasteiger partial charge in [0.25, 0.3) is 0 Å². The van der Waals surface area contributed by atoms with E-state index < -0.39 is 11.9 Å². The average Bonchev–Trinajstić information content (AvgIpc) is 3.56. The molecule has 2 saturated heterocycles. The Kier molecular flexibility index (Phi) is 8.30. The van der Waals surface area contributed by atoms with Crippen molar-refractivity contribution in [3.63, 3.8) is 0 Å². The molecule has 2 aliphatic heterocycles. The molecule has 2 atom stereocenters. The minimum atomic E-state index is -0.571. The Bertz CT molecular complexity index is 1280. The van der Waals surface area contributed by atoms with Gasteiger partial charge in [0.05, 0.1) is 16.1 Å². The zero-order valence-electron chi connectivity index (χ0n) is 22.7. The first-order chi connectivity index (χ1) is 19.1. The summed E-state index contributed by atoms with van der Waals surface area (Å²) in [4.78, 5) is 45.2. The van der Waals surface area contributed by atoms with E-state index in [0.717, 1.165) is 18.4 Å². The van der Waals surface area contributed by atoms with Crippen LogP contribution in [-0.2, 0) is 9.59 Å². The number of hydrogen-bond acceptors (Lipinski definition) is 4. The molecule has 1 aliphatic carbocycles. The Labute approximate surface area is 244 Å². The second-order valence-electron chi connectivity index (χ2n) is 11.3. The van der Waals surface area contributed by atoms with E-state index >= 15 is 0 Å². The molecule has 0 bridgehead atoms. The lowest BCUT2D eigenvalue weighted by Gasteiger charge is -2.35. The Morgan fingerprint density at radius 1 is 1.00 bits per heavy atom. The van der Waals surface area contributed by atoms with Crippen LogP contribution < -0.4 is 4.74 Å². The van der Waals surface area contributed by atoms with E-state index in [1.54, 1.807) is 17.0 Å². The molecule has 2 aromatic rings. The van der Waals surface area contributed by atoms with Gasteiger partial charge in [0.2, 0.25) is 11.8 Å². The predicted molar refractivity (Wildman–Crippen MR) is 151 cm³/mol. The third-order valence-corrected chi connectivity index (χ3v) is 9.35. The largest absolute Gasteiger partial charge is 0.415 e. The number of ether oxygens (including phenoxy) is 1. The summed E-state index contributed by atoms with van der Waals surface area (Å²) in [6, 6.07) is 10.3. The maximum atomic E-state index is 13.7. The zero-order chi connectivity index (χ0) is 28.6. The van der Waals surface area contributed by atoms with Gasteiger partial charge in [-0.2, -0.15) is 0 Å². The first kappa shape index (κ1) is 28.7. The predicted octanol–water partition coefficient (Wildman–Crippen LogP) is 5.99. The van der Waals surface area contributed by atoms with Crippen LogP contribution in [0.15, 0.2) is 42.5 Å². The fourth-order valence-electron chi connectivity index (χ4n) is 5.88. The molecular weight excluding hydrogens is 556 g/mol. The second kappa shape index (κ2) is 11.6. The molecular formula is C30H34Cl2FN3O4. The topological polar surface area (TPSA) is 70.2 Å². The highest BCUT2D eigenvalue weighted by molar-refractivity contribution is 6.42. The molecule has 3 amide bonds. The molecule has 1 saturated carbocycles. The number of amides is 3. The molecule has 0 unspecified atom stereocenters. The summed E-state index contributed by atoms with van der Waals surface area (Å²) in [5, 5.41) is 0.832. The van der Waals surface area contributed by atoms with Crippen molar-refractivity contribution in [1.29, 1.82) is 0 Å². The number of piperidine rings is 1. The lowest BCUT2D eigenvalue weighted by molar-refractivity contribution is -0.142. The van der Waals surface area contributed by atoms with Crippen molar-refractivity contribution in [2.75, 3.05) is 32.7 Å². The number of nitrogens with zero attached hydrogens (tertiary/aromatic N) is 3. The number of halogens is 3. The van der Waals surface area contributed by atoms with Gasteiger partial charge in [0.1, 0.15) is 11.6 Å². The molecule has 214 valence electrons. The third-order valence-electron chi connectivity index (χ3n) is 8.61. The first-order valence-electron chi connectivity index (χ1n) is 13.9. The van der Waals surface area contributed by atoms with Crippen LogP contribution in [0.5, 0.6) is 5.75 Å². The van der Waals surface area contributed by atoms with E-state index in [2.05, 4.69) is 0 Å². The van der Waals surface area contributed by atoms with Gasteiger partial charge < -0.3 is 19.4 Å². The molecule has 3 aliphatic rings. The molecule has 3 fully saturated rings. The van der Waals surface area contributed by atoms with Gasteiger partial charge in [0.15, 0.2) is 0 Å². The molecule has 0 N–H and O–H groups in total. The van der Waals surface area contributed by atoms with Crippen LogP contribution in [0.4, 0.5) is 9.18 Å². The zero-order valence-corrected chi connectivity index (χ0v) is 24.3. The summed E-state index contributed by atoms with van der Waals surface area (Å²) in [5.74, 6) is -0.323. The van der Waals surface area contributed by atoms with Crippen LogP contribution in [0.2, 0.25) is 10.0 Å². The molecule has 0 radical (unpaired) electrons. The van der Waals surface area contributed by atoms with Crippen molar-refractivity contribution in [1.82, 2.24) is 14.7 Å². The summed E-state index contributed by atoms with van der Waals surface area (Å²) < 4.78 is 18.9. The van der Waals surface area contributed by atoms with Gasteiger partial charge in [-0.1, -0.05) is 36.2 Å². The molecule has 2 heterocycles. The van der Waals surface area contributed by atoms with E-state index in [-0.39, 0.29) is 40.9 Å². The Hall–Kier alpha value is -2.84. The van der Waals surface area contributed by atoms with E-state index in [0.29, 0.717) is 55.6 Å². The smallest absolute Gasteiger partial charge is 0.410 e. The standard InChI is InChI=1S/C30H34Cl2FN3O4/c1-3-36(29(39)40-22-7-5-21(33)6-8-22)26-18-35(17-23(26)20-4-9-24(31)25(32)16-20)27(37)19-10-14-34(15-11-19)28(38)30(2)12-13-30/h4-9,16,19,23,26H,3,10-15,17-18H2,1-2H3/t23-,26+/m1/s1. The minimum absolute atomic E-state index is 0.0419. The Balaban J connectivity index is 1.32. The van der Waals surface area contributed by atoms with Crippen molar-refractivity contribution in [3.05, 3.63) is 63.9 Å². The SMILES string of the molecule is CCN(C(=O)Oc1ccc(F)cc1)[C@H]1CN(C(=O)C2CCN(C(=O)C3(C)CC3)CC2)C[C@@H]1c1ccc(Cl)c(Cl)c1. The number of likely N-dealkylation sites (tertiary alicyclic amines) is 2. The van der Waals surface area contributed by atoms with Crippen molar-refractivity contribution in [2.24, 2.45) is 11.3 Å². The molecule has 10 heteroatoms. The molecule has 7 nitrogen and oxygen atoms in total. The van der Waals surface area contributed by atoms with Crippen LogP contribution in [0.3, 0.4) is 0 Å². The quantitative estimate of drug-likeness (QED) is 0.415. The highest BCUT2D eigenvalue weighted by Crippen LogP contribution is 2.47. The highest BCUT2D eigenvalue weighted by atomic mass is 35.5. The van der Waals surface area contributed by atoms with Crippen LogP contribution in [0.1, 0.15) is 51.0 Å². The maximum Gasteiger partial charge on any atom is 0.415 e. The highest BCUT2D eigenvalue weighted by Gasteiger charge is 2.48. The fourth-order valence-corrected chi connectivity index (χ4v) is 6.19. The summed E-state index contributed by atoms with van der Waals surface area (Å²) in [6.45, 7) is 6.15. The Morgan fingerprint density at radius 2 is 1.68 bits per heavy atom. The van der Waals surface area contributed by atoms with Gasteiger partial charge >= 0.3 is 6.09 Å². The lowest BCUT2D eigenvalue weighted by atomic mass is 9.93. The summed E-state index contributed by atoms with van der Waals surface area (Å²) in [5.41, 5.74) is 0.666.